The highest BCUT2D eigenvalue weighted by Crippen LogP contribution is 2.26. The molecule has 1 fully saturated rings. The lowest BCUT2D eigenvalue weighted by Gasteiger charge is -2.26. The van der Waals surface area contributed by atoms with E-state index in [0.29, 0.717) is 12.7 Å². The van der Waals surface area contributed by atoms with Gasteiger partial charge in [0.2, 0.25) is 0 Å². The summed E-state index contributed by atoms with van der Waals surface area (Å²) in [7, 11) is 0. The molecular weight excluding hydrogens is 224 g/mol. The van der Waals surface area contributed by atoms with E-state index in [0.717, 1.165) is 23.8 Å². The van der Waals surface area contributed by atoms with Crippen molar-refractivity contribution >= 4 is 5.69 Å². The summed E-state index contributed by atoms with van der Waals surface area (Å²) in [6.45, 7) is 5.99. The first kappa shape index (κ1) is 13.3. The minimum atomic E-state index is 0.429. The van der Waals surface area contributed by atoms with E-state index in [1.165, 1.54) is 25.7 Å². The number of pyridine rings is 1. The largest absolute Gasteiger partial charge is 0.385 e. The molecule has 2 unspecified atom stereocenters. The van der Waals surface area contributed by atoms with E-state index in [1.54, 1.807) is 0 Å². The predicted molar refractivity (Wildman–Crippen MR) is 74.6 cm³/mol. The van der Waals surface area contributed by atoms with Gasteiger partial charge in [-0.15, -0.1) is 0 Å². The molecule has 0 amide bonds. The van der Waals surface area contributed by atoms with Crippen LogP contribution >= 0.6 is 0 Å². The van der Waals surface area contributed by atoms with E-state index in [-0.39, 0.29) is 0 Å². The molecule has 1 saturated carbocycles. The molecule has 0 radical (unpaired) electrons. The lowest BCUT2D eigenvalue weighted by molar-refractivity contribution is 0.00323. The molecule has 18 heavy (non-hydrogen) atoms. The molecule has 2 atom stereocenters. The summed E-state index contributed by atoms with van der Waals surface area (Å²) >= 11 is 0. The molecule has 0 aromatic carbocycles. The molecule has 1 aliphatic carbocycles. The first-order valence-corrected chi connectivity index (χ1v) is 7.08. The van der Waals surface area contributed by atoms with Crippen molar-refractivity contribution in [3.63, 3.8) is 0 Å². The van der Waals surface area contributed by atoms with Crippen LogP contribution in [0.25, 0.3) is 0 Å². The lowest BCUT2D eigenvalue weighted by Crippen LogP contribution is -2.21. The minimum absolute atomic E-state index is 0.429. The van der Waals surface area contributed by atoms with Gasteiger partial charge in [-0.2, -0.15) is 0 Å². The topological polar surface area (TPSA) is 34.2 Å². The monoisotopic (exact) mass is 248 g/mol. The summed E-state index contributed by atoms with van der Waals surface area (Å²) in [6.07, 6.45) is 7.34. The number of ether oxygens (including phenoxy) is 1. The van der Waals surface area contributed by atoms with Crippen molar-refractivity contribution in [1.29, 1.82) is 0 Å². The highest BCUT2D eigenvalue weighted by molar-refractivity contribution is 5.42. The molecule has 3 nitrogen and oxygen atoms in total. The molecule has 1 aromatic heterocycles. The van der Waals surface area contributed by atoms with Crippen LogP contribution in [0.15, 0.2) is 18.3 Å². The second-order valence-electron chi connectivity index (χ2n) is 5.27. The Morgan fingerprint density at radius 2 is 2.33 bits per heavy atom. The van der Waals surface area contributed by atoms with E-state index >= 15 is 0 Å². The summed E-state index contributed by atoms with van der Waals surface area (Å²) in [6, 6.07) is 4.07. The SMILES string of the molecule is CCNc1ccnc(COC2CCCC(C)C2)c1. The molecule has 1 aliphatic rings. The first-order valence-electron chi connectivity index (χ1n) is 7.08. The van der Waals surface area contributed by atoms with Crippen LogP contribution in [0.1, 0.15) is 45.2 Å². The van der Waals surface area contributed by atoms with E-state index in [4.69, 9.17) is 4.74 Å². The third kappa shape index (κ3) is 3.98. The molecule has 1 N–H and O–H groups in total. The third-order valence-corrected chi connectivity index (χ3v) is 3.55. The van der Waals surface area contributed by atoms with Crippen LogP contribution in [0.5, 0.6) is 0 Å². The van der Waals surface area contributed by atoms with E-state index in [9.17, 15) is 0 Å². The normalized spacial score (nSPS) is 23.9. The van der Waals surface area contributed by atoms with Crippen LogP contribution in [-0.4, -0.2) is 17.6 Å². The Morgan fingerprint density at radius 3 is 3.11 bits per heavy atom. The fourth-order valence-corrected chi connectivity index (χ4v) is 2.60. The Bertz CT molecular complexity index is 367. The van der Waals surface area contributed by atoms with Crippen molar-refractivity contribution in [3.8, 4) is 0 Å². The molecule has 1 aromatic rings. The maximum atomic E-state index is 5.98. The minimum Gasteiger partial charge on any atom is -0.385 e. The number of anilines is 1. The number of hydrogen-bond donors (Lipinski definition) is 1. The molecule has 0 spiro atoms. The second-order valence-corrected chi connectivity index (χ2v) is 5.27. The van der Waals surface area contributed by atoms with Crippen molar-refractivity contribution in [1.82, 2.24) is 4.98 Å². The summed E-state index contributed by atoms with van der Waals surface area (Å²) in [4.78, 5) is 4.36. The van der Waals surface area contributed by atoms with Crippen LogP contribution in [-0.2, 0) is 11.3 Å². The van der Waals surface area contributed by atoms with Gasteiger partial charge in [-0.1, -0.05) is 19.8 Å². The first-order chi connectivity index (χ1) is 8.78. The van der Waals surface area contributed by atoms with Gasteiger partial charge >= 0.3 is 0 Å². The molecule has 2 rings (SSSR count). The maximum Gasteiger partial charge on any atom is 0.0892 e. The van der Waals surface area contributed by atoms with Crippen molar-refractivity contribution in [2.45, 2.75) is 52.2 Å². The quantitative estimate of drug-likeness (QED) is 0.864. The fraction of sp³-hybridized carbons (Fsp3) is 0.667. The summed E-state index contributed by atoms with van der Waals surface area (Å²) in [5.41, 5.74) is 2.15. The van der Waals surface area contributed by atoms with Crippen molar-refractivity contribution in [2.24, 2.45) is 5.92 Å². The van der Waals surface area contributed by atoms with Gasteiger partial charge in [0.05, 0.1) is 18.4 Å². The van der Waals surface area contributed by atoms with Crippen LogP contribution in [0, 0.1) is 5.92 Å². The number of aromatic nitrogens is 1. The molecule has 0 bridgehead atoms. The van der Waals surface area contributed by atoms with Gasteiger partial charge in [-0.3, -0.25) is 4.98 Å². The van der Waals surface area contributed by atoms with Gasteiger partial charge in [-0.25, -0.2) is 0 Å². The Morgan fingerprint density at radius 1 is 1.44 bits per heavy atom. The predicted octanol–water partition coefficient (Wildman–Crippen LogP) is 3.61. The van der Waals surface area contributed by atoms with Crippen LogP contribution in [0.4, 0.5) is 5.69 Å². The lowest BCUT2D eigenvalue weighted by atomic mass is 9.89. The fourth-order valence-electron chi connectivity index (χ4n) is 2.60. The summed E-state index contributed by atoms with van der Waals surface area (Å²) in [5.74, 6) is 0.810. The van der Waals surface area contributed by atoms with E-state index in [2.05, 4.69) is 30.2 Å². The van der Waals surface area contributed by atoms with Gasteiger partial charge in [-0.05, 0) is 37.8 Å². The highest BCUT2D eigenvalue weighted by Gasteiger charge is 2.19. The zero-order chi connectivity index (χ0) is 12.8. The number of nitrogens with zero attached hydrogens (tertiary/aromatic N) is 1. The average molecular weight is 248 g/mol. The molecule has 0 aliphatic heterocycles. The van der Waals surface area contributed by atoms with Crippen LogP contribution in [0.2, 0.25) is 0 Å². The van der Waals surface area contributed by atoms with Crippen molar-refractivity contribution in [2.75, 3.05) is 11.9 Å². The van der Waals surface area contributed by atoms with Gasteiger partial charge in [0, 0.05) is 18.4 Å². The third-order valence-electron chi connectivity index (χ3n) is 3.55. The zero-order valence-electron chi connectivity index (χ0n) is 11.5. The molecular formula is C15H24N2O. The average Bonchev–Trinajstić information content (AvgIpc) is 2.37. The maximum absolute atomic E-state index is 5.98. The Labute approximate surface area is 110 Å². The van der Waals surface area contributed by atoms with Crippen molar-refractivity contribution < 1.29 is 4.74 Å². The van der Waals surface area contributed by atoms with Crippen LogP contribution < -0.4 is 5.32 Å². The summed E-state index contributed by atoms with van der Waals surface area (Å²) in [5, 5.41) is 3.30. The number of rotatable bonds is 5. The second kappa shape index (κ2) is 6.74. The standard InChI is InChI=1S/C15H24N2O/c1-3-16-13-7-8-17-14(10-13)11-18-15-6-4-5-12(2)9-15/h7-8,10,12,15H,3-6,9,11H2,1-2H3,(H,16,17). The van der Waals surface area contributed by atoms with Gasteiger partial charge in [0.25, 0.3) is 0 Å². The molecule has 1 heterocycles. The van der Waals surface area contributed by atoms with Gasteiger partial charge in [0.15, 0.2) is 0 Å². The molecule has 100 valence electrons. The van der Waals surface area contributed by atoms with Crippen LogP contribution in [0.3, 0.4) is 0 Å². The van der Waals surface area contributed by atoms with Gasteiger partial charge < -0.3 is 10.1 Å². The zero-order valence-corrected chi connectivity index (χ0v) is 11.5. The number of hydrogen-bond acceptors (Lipinski definition) is 3. The summed E-state index contributed by atoms with van der Waals surface area (Å²) < 4.78 is 5.98. The molecule has 0 saturated heterocycles. The smallest absolute Gasteiger partial charge is 0.0892 e. The number of nitrogens with one attached hydrogen (secondary N) is 1. The Balaban J connectivity index is 1.83. The van der Waals surface area contributed by atoms with Crippen molar-refractivity contribution in [3.05, 3.63) is 24.0 Å². The Kier molecular flexibility index (Phi) is 5.00. The van der Waals surface area contributed by atoms with E-state index in [1.807, 2.05) is 12.3 Å². The van der Waals surface area contributed by atoms with Gasteiger partial charge in [0.1, 0.15) is 0 Å². The Hall–Kier alpha value is -1.09. The van der Waals surface area contributed by atoms with E-state index < -0.39 is 0 Å². The highest BCUT2D eigenvalue weighted by atomic mass is 16.5. The molecule has 3 heteroatoms.